The first-order chi connectivity index (χ1) is 16.7. The van der Waals surface area contributed by atoms with Gasteiger partial charge in [-0.2, -0.15) is 5.10 Å². The summed E-state index contributed by atoms with van der Waals surface area (Å²) in [6, 6.07) is 7.05. The second-order valence-corrected chi connectivity index (χ2v) is 9.21. The van der Waals surface area contributed by atoms with E-state index in [-0.39, 0.29) is 36.4 Å². The molecular formula is C24H31N5O5S. The Morgan fingerprint density at radius 1 is 1.17 bits per heavy atom. The lowest BCUT2D eigenvalue weighted by Gasteiger charge is -2.35. The van der Waals surface area contributed by atoms with Gasteiger partial charge in [0.15, 0.2) is 23.3 Å². The maximum Gasteiger partial charge on any atom is 0.260 e. The molecule has 1 N–H and O–H groups in total. The molecule has 2 amide bonds. The summed E-state index contributed by atoms with van der Waals surface area (Å²) in [5.41, 5.74) is 4.90. The minimum atomic E-state index is -0.272. The molecule has 3 rings (SSSR count). The second kappa shape index (κ2) is 12.5. The molecule has 188 valence electrons. The Bertz CT molecular complexity index is 1050. The highest BCUT2D eigenvalue weighted by molar-refractivity contribution is 7.99. The largest absolute Gasteiger partial charge is 0.493 e. The summed E-state index contributed by atoms with van der Waals surface area (Å²) in [5.74, 6) is 0.670. The summed E-state index contributed by atoms with van der Waals surface area (Å²) in [7, 11) is 1.52. The molecule has 0 bridgehead atoms. The first-order valence-corrected chi connectivity index (χ1v) is 12.2. The Morgan fingerprint density at radius 3 is 2.51 bits per heavy atom. The summed E-state index contributed by atoms with van der Waals surface area (Å²) in [6.45, 7) is 8.65. The quantitative estimate of drug-likeness (QED) is 0.241. The molecule has 1 aromatic carbocycles. The van der Waals surface area contributed by atoms with E-state index in [1.807, 2.05) is 33.8 Å². The third-order valence-electron chi connectivity index (χ3n) is 5.01. The van der Waals surface area contributed by atoms with Gasteiger partial charge in [0.25, 0.3) is 11.8 Å². The van der Waals surface area contributed by atoms with Gasteiger partial charge in [0, 0.05) is 24.5 Å². The van der Waals surface area contributed by atoms with Gasteiger partial charge in [0.05, 0.1) is 31.3 Å². The zero-order chi connectivity index (χ0) is 25.4. The number of nitrogens with one attached hydrogen (secondary N) is 1. The van der Waals surface area contributed by atoms with E-state index in [2.05, 4.69) is 20.5 Å². The Labute approximate surface area is 209 Å². The Kier molecular flexibility index (Phi) is 9.44. The third-order valence-corrected chi connectivity index (χ3v) is 5.86. The highest BCUT2D eigenvalue weighted by Gasteiger charge is 2.26. The number of aromatic nitrogens is 2. The molecule has 11 heteroatoms. The average molecular weight is 502 g/mol. The van der Waals surface area contributed by atoms with Crippen molar-refractivity contribution >= 4 is 29.8 Å². The van der Waals surface area contributed by atoms with Crippen molar-refractivity contribution in [3.63, 3.8) is 0 Å². The van der Waals surface area contributed by atoms with Gasteiger partial charge in [0.2, 0.25) is 0 Å². The lowest BCUT2D eigenvalue weighted by Crippen LogP contribution is -2.49. The molecule has 10 nitrogen and oxygen atoms in total. The van der Waals surface area contributed by atoms with Crippen LogP contribution in [0.25, 0.3) is 0 Å². The van der Waals surface area contributed by atoms with Gasteiger partial charge in [-0.3, -0.25) is 9.59 Å². The molecule has 1 fully saturated rings. The minimum absolute atomic E-state index is 0.00467. The van der Waals surface area contributed by atoms with Crippen LogP contribution in [-0.2, 0) is 14.3 Å². The first kappa shape index (κ1) is 26.4. The minimum Gasteiger partial charge on any atom is -0.493 e. The number of amides is 2. The van der Waals surface area contributed by atoms with Gasteiger partial charge in [-0.15, -0.1) is 0 Å². The standard InChI is InChI=1S/C24H31N5O5S/c1-15-8-16(2)27-24(26-15)35-14-22(30)28-25-10-19-6-7-20(21(9-19)32-5)33-13-23(31)29-11-17(3)34-18(4)12-29/h6-10,17-18H,11-14H2,1-5H3,(H,28,30)/b25-10-/t17-,18+. The number of carbonyl (C=O) groups is 2. The molecule has 1 saturated heterocycles. The molecular weight excluding hydrogens is 470 g/mol. The van der Waals surface area contributed by atoms with E-state index >= 15 is 0 Å². The van der Waals surface area contributed by atoms with E-state index < -0.39 is 0 Å². The van der Waals surface area contributed by atoms with E-state index in [9.17, 15) is 9.59 Å². The fourth-order valence-corrected chi connectivity index (χ4v) is 4.34. The van der Waals surface area contributed by atoms with Crippen molar-refractivity contribution in [1.82, 2.24) is 20.3 Å². The number of ether oxygens (including phenoxy) is 3. The maximum atomic E-state index is 12.5. The van der Waals surface area contributed by atoms with Crippen molar-refractivity contribution in [1.29, 1.82) is 0 Å². The molecule has 35 heavy (non-hydrogen) atoms. The lowest BCUT2D eigenvalue weighted by atomic mass is 10.2. The number of hydrogen-bond donors (Lipinski definition) is 1. The molecule has 1 aromatic heterocycles. The monoisotopic (exact) mass is 501 g/mol. The fourth-order valence-electron chi connectivity index (χ4n) is 3.60. The number of hydrazone groups is 1. The Balaban J connectivity index is 1.50. The number of hydrogen-bond acceptors (Lipinski definition) is 9. The van der Waals surface area contributed by atoms with Crippen LogP contribution in [0, 0.1) is 13.8 Å². The van der Waals surface area contributed by atoms with Gasteiger partial charge in [-0.05, 0) is 57.5 Å². The first-order valence-electron chi connectivity index (χ1n) is 11.2. The zero-order valence-corrected chi connectivity index (χ0v) is 21.4. The number of methoxy groups -OCH3 is 1. The van der Waals surface area contributed by atoms with Crippen LogP contribution >= 0.6 is 11.8 Å². The van der Waals surface area contributed by atoms with Crippen molar-refractivity contribution in [2.75, 3.05) is 32.6 Å². The molecule has 2 atom stereocenters. The predicted octanol–water partition coefficient (Wildman–Crippen LogP) is 2.36. The van der Waals surface area contributed by atoms with Gasteiger partial charge < -0.3 is 19.1 Å². The number of benzene rings is 1. The summed E-state index contributed by atoms with van der Waals surface area (Å²) in [6.07, 6.45) is 1.49. The number of carbonyl (C=O) groups excluding carboxylic acids is 2. The van der Waals surface area contributed by atoms with E-state index in [0.29, 0.717) is 35.3 Å². The summed E-state index contributed by atoms with van der Waals surface area (Å²) < 4.78 is 16.8. The zero-order valence-electron chi connectivity index (χ0n) is 20.6. The van der Waals surface area contributed by atoms with Gasteiger partial charge in [0.1, 0.15) is 0 Å². The molecule has 2 heterocycles. The van der Waals surface area contributed by atoms with Crippen molar-refractivity contribution in [3.05, 3.63) is 41.2 Å². The summed E-state index contributed by atoms with van der Waals surface area (Å²) >= 11 is 1.25. The molecule has 1 aliphatic rings. The molecule has 1 aliphatic heterocycles. The van der Waals surface area contributed by atoms with Crippen molar-refractivity contribution in [2.24, 2.45) is 5.10 Å². The van der Waals surface area contributed by atoms with Gasteiger partial charge in [-0.1, -0.05) is 11.8 Å². The van der Waals surface area contributed by atoms with Crippen LogP contribution in [0.4, 0.5) is 0 Å². The highest BCUT2D eigenvalue weighted by atomic mass is 32.2. The normalized spacial score (nSPS) is 17.9. The van der Waals surface area contributed by atoms with Gasteiger partial charge >= 0.3 is 0 Å². The number of thioether (sulfide) groups is 1. The van der Waals surface area contributed by atoms with Gasteiger partial charge in [-0.25, -0.2) is 15.4 Å². The molecule has 0 aliphatic carbocycles. The smallest absolute Gasteiger partial charge is 0.260 e. The Hall–Kier alpha value is -3.18. The average Bonchev–Trinajstić information content (AvgIpc) is 2.80. The molecule has 2 aromatic rings. The Morgan fingerprint density at radius 2 is 1.86 bits per heavy atom. The van der Waals surface area contributed by atoms with Crippen LogP contribution in [0.2, 0.25) is 0 Å². The number of aryl methyl sites for hydroxylation is 2. The van der Waals surface area contributed by atoms with Crippen LogP contribution in [0.5, 0.6) is 11.5 Å². The highest BCUT2D eigenvalue weighted by Crippen LogP contribution is 2.27. The third kappa shape index (κ3) is 8.22. The SMILES string of the molecule is COc1cc(/C=N\NC(=O)CSc2nc(C)cc(C)n2)ccc1OCC(=O)N1C[C@@H](C)O[C@@H](C)C1. The van der Waals surface area contributed by atoms with E-state index in [1.54, 1.807) is 23.1 Å². The number of rotatable bonds is 9. The summed E-state index contributed by atoms with van der Waals surface area (Å²) in [4.78, 5) is 35.0. The van der Waals surface area contributed by atoms with Crippen LogP contribution < -0.4 is 14.9 Å². The summed E-state index contributed by atoms with van der Waals surface area (Å²) in [5, 5.41) is 4.55. The van der Waals surface area contributed by atoms with E-state index in [1.165, 1.54) is 25.1 Å². The molecule has 0 spiro atoms. The fraction of sp³-hybridized carbons (Fsp3) is 0.458. The molecule has 0 radical (unpaired) electrons. The van der Waals surface area contributed by atoms with Crippen molar-refractivity contribution in [2.45, 2.75) is 45.1 Å². The van der Waals surface area contributed by atoms with E-state index in [4.69, 9.17) is 14.2 Å². The van der Waals surface area contributed by atoms with Crippen LogP contribution in [0.3, 0.4) is 0 Å². The predicted molar refractivity (Wildman–Crippen MR) is 133 cm³/mol. The topological polar surface area (TPSA) is 115 Å². The second-order valence-electron chi connectivity index (χ2n) is 8.27. The molecule has 0 unspecified atom stereocenters. The maximum absolute atomic E-state index is 12.5. The number of nitrogens with zero attached hydrogens (tertiary/aromatic N) is 4. The van der Waals surface area contributed by atoms with Crippen molar-refractivity contribution < 1.29 is 23.8 Å². The number of morpholine rings is 1. The van der Waals surface area contributed by atoms with Crippen LogP contribution in [0.15, 0.2) is 34.5 Å². The van der Waals surface area contributed by atoms with Crippen LogP contribution in [0.1, 0.15) is 30.8 Å². The lowest BCUT2D eigenvalue weighted by molar-refractivity contribution is -0.145. The van der Waals surface area contributed by atoms with E-state index in [0.717, 1.165) is 11.4 Å². The molecule has 0 saturated carbocycles. The van der Waals surface area contributed by atoms with Crippen molar-refractivity contribution in [3.8, 4) is 11.5 Å². The van der Waals surface area contributed by atoms with Crippen LogP contribution in [-0.4, -0.2) is 77.7 Å².